The minimum atomic E-state index is -0.0648. The van der Waals surface area contributed by atoms with Crippen LogP contribution in [0.4, 0.5) is 0 Å². The van der Waals surface area contributed by atoms with Gasteiger partial charge in [0.2, 0.25) is 0 Å². The molecule has 0 saturated heterocycles. The summed E-state index contributed by atoms with van der Waals surface area (Å²) < 4.78 is 2.68. The highest BCUT2D eigenvalue weighted by Crippen LogP contribution is 2.54. The molecule has 0 radical (unpaired) electrons. The predicted octanol–water partition coefficient (Wildman–Crippen LogP) is 17.1. The Labute approximate surface area is 352 Å². The number of fused-ring (bicyclic) bond motifs is 12. The fraction of sp³-hybridized carbons (Fsp3) is 0.0508. The van der Waals surface area contributed by atoms with Crippen LogP contribution in [0.2, 0.25) is 0 Å². The van der Waals surface area contributed by atoms with Crippen LogP contribution in [0.5, 0.6) is 0 Å². The highest BCUT2D eigenvalue weighted by atomic mass is 32.1. The quantitative estimate of drug-likeness (QED) is 0.157. The van der Waals surface area contributed by atoms with Gasteiger partial charge in [-0.15, -0.1) is 11.3 Å². The van der Waals surface area contributed by atoms with E-state index in [2.05, 4.69) is 208 Å². The monoisotopic (exact) mass is 778 g/mol. The SMILES string of the molecule is CC1(C)c2cc3c(cc2-c2c1ccc1ccccc21)sc1cc(-c2ccc(-c4c5ccccc5c(-c5cccc6ccccc56)c5ccccc45)c4ccccc24)ccc13. The molecule has 0 bridgehead atoms. The lowest BCUT2D eigenvalue weighted by Crippen LogP contribution is -2.14. The maximum Gasteiger partial charge on any atom is 0.0361 e. The molecule has 1 aromatic heterocycles. The van der Waals surface area contributed by atoms with E-state index in [4.69, 9.17) is 0 Å². The van der Waals surface area contributed by atoms with E-state index in [0.717, 1.165) is 0 Å². The molecular formula is C59H38S. The summed E-state index contributed by atoms with van der Waals surface area (Å²) in [6.07, 6.45) is 0. The maximum absolute atomic E-state index is 2.50. The van der Waals surface area contributed by atoms with E-state index >= 15 is 0 Å². The summed E-state index contributed by atoms with van der Waals surface area (Å²) in [5.74, 6) is 0. The Bertz CT molecular complexity index is 3740. The Morgan fingerprint density at radius 2 is 0.817 bits per heavy atom. The second-order valence-electron chi connectivity index (χ2n) is 17.1. The van der Waals surface area contributed by atoms with E-state index in [9.17, 15) is 0 Å². The third kappa shape index (κ3) is 4.67. The number of hydrogen-bond donors (Lipinski definition) is 0. The molecule has 280 valence electrons. The van der Waals surface area contributed by atoms with Gasteiger partial charge in [-0.05, 0) is 128 Å². The second-order valence-corrected chi connectivity index (χ2v) is 18.2. The Morgan fingerprint density at radius 1 is 0.300 bits per heavy atom. The fourth-order valence-corrected chi connectivity index (χ4v) is 12.0. The van der Waals surface area contributed by atoms with Crippen LogP contribution in [0.1, 0.15) is 25.0 Å². The van der Waals surface area contributed by atoms with Gasteiger partial charge in [0.1, 0.15) is 0 Å². The van der Waals surface area contributed by atoms with Gasteiger partial charge in [0.25, 0.3) is 0 Å². The van der Waals surface area contributed by atoms with Crippen molar-refractivity contribution in [3.63, 3.8) is 0 Å². The van der Waals surface area contributed by atoms with Crippen LogP contribution in [0.3, 0.4) is 0 Å². The maximum atomic E-state index is 2.50. The summed E-state index contributed by atoms with van der Waals surface area (Å²) in [7, 11) is 0. The van der Waals surface area contributed by atoms with Crippen molar-refractivity contribution >= 4 is 85.4 Å². The zero-order valence-electron chi connectivity index (χ0n) is 33.4. The van der Waals surface area contributed by atoms with E-state index in [0.29, 0.717) is 0 Å². The van der Waals surface area contributed by atoms with Crippen molar-refractivity contribution < 1.29 is 0 Å². The van der Waals surface area contributed by atoms with Crippen molar-refractivity contribution in [1.29, 1.82) is 0 Å². The second kappa shape index (κ2) is 12.5. The van der Waals surface area contributed by atoms with Crippen LogP contribution in [0.25, 0.3) is 119 Å². The first-order valence-corrected chi connectivity index (χ1v) is 21.8. The summed E-state index contributed by atoms with van der Waals surface area (Å²) >= 11 is 1.92. The third-order valence-corrected chi connectivity index (χ3v) is 14.8. The zero-order valence-corrected chi connectivity index (χ0v) is 34.2. The molecule has 13 rings (SSSR count). The van der Waals surface area contributed by atoms with Crippen LogP contribution in [0, 0.1) is 0 Å². The molecule has 0 spiro atoms. The normalized spacial score (nSPS) is 13.3. The average Bonchev–Trinajstić information content (AvgIpc) is 3.77. The number of benzene rings is 11. The first-order valence-electron chi connectivity index (χ1n) is 21.0. The highest BCUT2D eigenvalue weighted by molar-refractivity contribution is 7.25. The minimum absolute atomic E-state index is 0.0648. The van der Waals surface area contributed by atoms with E-state index < -0.39 is 0 Å². The molecule has 0 N–H and O–H groups in total. The molecular weight excluding hydrogens is 741 g/mol. The van der Waals surface area contributed by atoms with E-state index in [1.807, 2.05) is 11.3 Å². The first kappa shape index (κ1) is 33.9. The lowest BCUT2D eigenvalue weighted by Gasteiger charge is -2.21. The number of thiophene rings is 1. The van der Waals surface area contributed by atoms with Gasteiger partial charge in [0.05, 0.1) is 0 Å². The summed E-state index contributed by atoms with van der Waals surface area (Å²) in [6, 6.07) is 73.0. The smallest absolute Gasteiger partial charge is 0.0361 e. The summed E-state index contributed by atoms with van der Waals surface area (Å²) in [5, 5.41) is 15.5. The van der Waals surface area contributed by atoms with Crippen LogP contribution in [-0.2, 0) is 5.41 Å². The van der Waals surface area contributed by atoms with E-state index in [1.54, 1.807) is 0 Å². The van der Waals surface area contributed by atoms with E-state index in [1.165, 1.54) is 130 Å². The van der Waals surface area contributed by atoms with Gasteiger partial charge in [-0.2, -0.15) is 0 Å². The third-order valence-electron chi connectivity index (χ3n) is 13.7. The van der Waals surface area contributed by atoms with Crippen molar-refractivity contribution in [3.8, 4) is 44.5 Å². The molecule has 0 fully saturated rings. The van der Waals surface area contributed by atoms with Gasteiger partial charge in [-0.1, -0.05) is 190 Å². The summed E-state index contributed by atoms with van der Waals surface area (Å²) in [5.41, 5.74) is 13.2. The van der Waals surface area contributed by atoms with Crippen LogP contribution in [0.15, 0.2) is 194 Å². The van der Waals surface area contributed by atoms with Gasteiger partial charge in [-0.25, -0.2) is 0 Å². The van der Waals surface area contributed by atoms with Crippen molar-refractivity contribution in [2.24, 2.45) is 0 Å². The lowest BCUT2D eigenvalue weighted by molar-refractivity contribution is 0.662. The molecule has 12 aromatic rings. The summed E-state index contributed by atoms with van der Waals surface area (Å²) in [6.45, 7) is 4.79. The Kier molecular flexibility index (Phi) is 7.04. The van der Waals surface area contributed by atoms with Crippen molar-refractivity contribution in [2.75, 3.05) is 0 Å². The number of rotatable bonds is 3. The molecule has 60 heavy (non-hydrogen) atoms. The molecule has 0 atom stereocenters. The van der Waals surface area contributed by atoms with Crippen LogP contribution >= 0.6 is 11.3 Å². The molecule has 0 saturated carbocycles. The molecule has 0 nitrogen and oxygen atoms in total. The van der Waals surface area contributed by atoms with Gasteiger partial charge >= 0.3 is 0 Å². The molecule has 1 heteroatoms. The van der Waals surface area contributed by atoms with Crippen molar-refractivity contribution in [2.45, 2.75) is 19.3 Å². The van der Waals surface area contributed by atoms with Crippen molar-refractivity contribution in [1.82, 2.24) is 0 Å². The fourth-order valence-electron chi connectivity index (χ4n) is 10.9. The highest BCUT2D eigenvalue weighted by Gasteiger charge is 2.37. The van der Waals surface area contributed by atoms with Gasteiger partial charge in [0, 0.05) is 25.6 Å². The lowest BCUT2D eigenvalue weighted by atomic mass is 9.81. The van der Waals surface area contributed by atoms with E-state index in [-0.39, 0.29) is 5.41 Å². The molecule has 0 aliphatic heterocycles. The molecule has 0 unspecified atom stereocenters. The standard InChI is InChI=1S/C59H38S/c1-59(2)52-31-27-36-15-4-6-18-40(36)58(52)51-34-55-50(33-53(51)59)43-28-26-37(32-54(43)60-55)39-29-30-49(42-20-8-7-19-41(39)42)57-47-23-11-9-21-45(47)56(46-22-10-12-24-48(46)57)44-25-13-16-35-14-3-5-17-38(35)44/h3-34H,1-2H3. The van der Waals surface area contributed by atoms with Crippen LogP contribution < -0.4 is 0 Å². The summed E-state index contributed by atoms with van der Waals surface area (Å²) in [4.78, 5) is 0. The Hall–Kier alpha value is -7.06. The molecule has 1 heterocycles. The topological polar surface area (TPSA) is 0 Å². The number of hydrogen-bond acceptors (Lipinski definition) is 1. The van der Waals surface area contributed by atoms with Gasteiger partial charge < -0.3 is 0 Å². The average molecular weight is 779 g/mol. The van der Waals surface area contributed by atoms with Gasteiger partial charge in [-0.3, -0.25) is 0 Å². The van der Waals surface area contributed by atoms with Gasteiger partial charge in [0.15, 0.2) is 0 Å². The van der Waals surface area contributed by atoms with Crippen molar-refractivity contribution in [3.05, 3.63) is 205 Å². The predicted molar refractivity (Wildman–Crippen MR) is 261 cm³/mol. The Morgan fingerprint density at radius 3 is 1.50 bits per heavy atom. The molecule has 0 amide bonds. The Balaban J connectivity index is 0.997. The van der Waals surface area contributed by atoms with Crippen LogP contribution in [-0.4, -0.2) is 0 Å². The molecule has 1 aliphatic carbocycles. The molecule has 11 aromatic carbocycles. The minimum Gasteiger partial charge on any atom is -0.135 e. The first-order chi connectivity index (χ1) is 29.5. The molecule has 1 aliphatic rings. The zero-order chi connectivity index (χ0) is 39.7. The largest absolute Gasteiger partial charge is 0.135 e.